The van der Waals surface area contributed by atoms with E-state index in [-0.39, 0.29) is 24.2 Å². The van der Waals surface area contributed by atoms with Crippen LogP contribution >= 0.6 is 0 Å². The zero-order valence-electron chi connectivity index (χ0n) is 20.7. The van der Waals surface area contributed by atoms with E-state index in [0.717, 1.165) is 22.4 Å². The van der Waals surface area contributed by atoms with Crippen LogP contribution in [0.1, 0.15) is 12.0 Å². The van der Waals surface area contributed by atoms with Crippen LogP contribution in [0.25, 0.3) is 11.0 Å². The number of fused-ring (bicyclic) bond motifs is 1. The van der Waals surface area contributed by atoms with Crippen LogP contribution in [0, 0.1) is 5.92 Å². The van der Waals surface area contributed by atoms with Crippen molar-refractivity contribution in [3.63, 3.8) is 0 Å². The van der Waals surface area contributed by atoms with Crippen molar-refractivity contribution in [3.05, 3.63) is 54.2 Å². The Hall–Kier alpha value is -3.88. The van der Waals surface area contributed by atoms with Gasteiger partial charge in [0.25, 0.3) is 0 Å². The molecule has 2 fully saturated rings. The van der Waals surface area contributed by atoms with Crippen LogP contribution in [-0.2, 0) is 16.0 Å². The molecule has 9 nitrogen and oxygen atoms in total. The van der Waals surface area contributed by atoms with Crippen LogP contribution in [0.15, 0.2) is 48.7 Å². The van der Waals surface area contributed by atoms with E-state index in [2.05, 4.69) is 9.88 Å². The number of nitrogens with zero attached hydrogens (tertiary/aromatic N) is 5. The summed E-state index contributed by atoms with van der Waals surface area (Å²) in [7, 11) is 3.21. The first-order valence-electron chi connectivity index (χ1n) is 12.3. The largest absolute Gasteiger partial charge is 0.493 e. The van der Waals surface area contributed by atoms with E-state index in [4.69, 9.17) is 14.5 Å². The van der Waals surface area contributed by atoms with E-state index < -0.39 is 0 Å². The van der Waals surface area contributed by atoms with Crippen molar-refractivity contribution in [2.75, 3.05) is 58.4 Å². The van der Waals surface area contributed by atoms with Crippen molar-refractivity contribution in [3.8, 4) is 11.5 Å². The highest BCUT2D eigenvalue weighted by molar-refractivity contribution is 5.89. The third-order valence-corrected chi connectivity index (χ3v) is 7.03. The number of methoxy groups -OCH3 is 2. The highest BCUT2D eigenvalue weighted by Crippen LogP contribution is 2.28. The fourth-order valence-corrected chi connectivity index (χ4v) is 4.97. The molecule has 9 heteroatoms. The van der Waals surface area contributed by atoms with E-state index in [1.165, 1.54) is 0 Å². The molecular weight excluding hydrogens is 458 g/mol. The maximum atomic E-state index is 13.2. The smallest absolute Gasteiger partial charge is 0.228 e. The second kappa shape index (κ2) is 10.4. The van der Waals surface area contributed by atoms with Gasteiger partial charge >= 0.3 is 0 Å². The Labute approximate surface area is 210 Å². The molecule has 36 heavy (non-hydrogen) atoms. The normalized spacial score (nSPS) is 18.1. The van der Waals surface area contributed by atoms with Gasteiger partial charge in [-0.15, -0.1) is 0 Å². The number of hydrogen-bond donors (Lipinski definition) is 0. The topological polar surface area (TPSA) is 88.1 Å². The number of para-hydroxylation sites is 2. The van der Waals surface area contributed by atoms with Crippen molar-refractivity contribution in [1.29, 1.82) is 0 Å². The van der Waals surface area contributed by atoms with Gasteiger partial charge in [0.2, 0.25) is 11.8 Å². The predicted molar refractivity (Wildman–Crippen MR) is 136 cm³/mol. The van der Waals surface area contributed by atoms with Crippen molar-refractivity contribution in [2.24, 2.45) is 5.92 Å². The van der Waals surface area contributed by atoms with E-state index in [9.17, 15) is 9.59 Å². The summed E-state index contributed by atoms with van der Waals surface area (Å²) in [6, 6.07) is 13.6. The number of rotatable bonds is 7. The third kappa shape index (κ3) is 4.91. The molecular formula is C27H31N5O4. The van der Waals surface area contributed by atoms with Gasteiger partial charge in [-0.1, -0.05) is 18.2 Å². The molecule has 0 spiro atoms. The van der Waals surface area contributed by atoms with Crippen LogP contribution in [0.3, 0.4) is 0 Å². The number of anilines is 1. The van der Waals surface area contributed by atoms with Gasteiger partial charge in [0.15, 0.2) is 11.5 Å². The van der Waals surface area contributed by atoms with Crippen molar-refractivity contribution < 1.29 is 19.1 Å². The molecule has 2 aromatic carbocycles. The lowest BCUT2D eigenvalue weighted by Crippen LogP contribution is -2.51. The Balaban J connectivity index is 1.14. The number of ether oxygens (including phenoxy) is 2. The van der Waals surface area contributed by atoms with E-state index in [0.29, 0.717) is 57.2 Å². The number of piperazine rings is 1. The first kappa shape index (κ1) is 23.8. The summed E-state index contributed by atoms with van der Waals surface area (Å²) in [5.74, 6) is 2.01. The monoisotopic (exact) mass is 489 g/mol. The summed E-state index contributed by atoms with van der Waals surface area (Å²) in [5, 5.41) is 0. The van der Waals surface area contributed by atoms with Gasteiger partial charge in [-0.25, -0.2) is 4.98 Å². The highest BCUT2D eigenvalue weighted by atomic mass is 16.5. The average molecular weight is 490 g/mol. The molecule has 3 aromatic rings. The molecule has 0 radical (unpaired) electrons. The fourth-order valence-electron chi connectivity index (χ4n) is 4.97. The Kier molecular flexibility index (Phi) is 6.88. The molecule has 1 unspecified atom stereocenters. The molecule has 188 valence electrons. The zero-order valence-corrected chi connectivity index (χ0v) is 20.7. The average Bonchev–Trinajstić information content (AvgIpc) is 3.31. The number of benzene rings is 2. The van der Waals surface area contributed by atoms with Gasteiger partial charge in [0.1, 0.15) is 5.82 Å². The minimum Gasteiger partial charge on any atom is -0.493 e. The van der Waals surface area contributed by atoms with Crippen molar-refractivity contribution in [2.45, 2.75) is 12.8 Å². The van der Waals surface area contributed by atoms with E-state index in [1.54, 1.807) is 25.3 Å². The number of carbonyl (C=O) groups is 2. The molecule has 2 aliphatic rings. The molecule has 0 saturated carbocycles. The van der Waals surface area contributed by atoms with Gasteiger partial charge in [0, 0.05) is 45.7 Å². The number of amides is 2. The molecule has 0 N–H and O–H groups in total. The standard InChI is InChI=1S/C27H31N5O4/c1-35-23-8-7-19(15-24(23)36-2)9-10-32-18-20(16-26(32)33)27(34)31-13-11-30(12-14-31)25-17-28-21-5-3-4-6-22(21)29-25/h3-8,15,17,20H,9-14,16,18H2,1-2H3. The second-order valence-corrected chi connectivity index (χ2v) is 9.21. The minimum absolute atomic E-state index is 0.0406. The molecule has 2 saturated heterocycles. The van der Waals surface area contributed by atoms with Gasteiger partial charge in [0.05, 0.1) is 37.4 Å². The van der Waals surface area contributed by atoms with Crippen molar-refractivity contribution in [1.82, 2.24) is 19.8 Å². The fraction of sp³-hybridized carbons (Fsp3) is 0.407. The van der Waals surface area contributed by atoms with E-state index in [1.807, 2.05) is 47.4 Å². The van der Waals surface area contributed by atoms with Crippen LogP contribution in [-0.4, -0.2) is 85.1 Å². The maximum absolute atomic E-state index is 13.2. The summed E-state index contributed by atoms with van der Waals surface area (Å²) in [5.41, 5.74) is 2.80. The summed E-state index contributed by atoms with van der Waals surface area (Å²) in [6.45, 7) is 3.67. The SMILES string of the molecule is COc1ccc(CCN2CC(C(=O)N3CCN(c4cnc5ccccc5n4)CC3)CC2=O)cc1OC. The molecule has 3 heterocycles. The van der Waals surface area contributed by atoms with Gasteiger partial charge in [-0.2, -0.15) is 0 Å². The summed E-state index contributed by atoms with van der Waals surface area (Å²) < 4.78 is 10.7. The number of carbonyl (C=O) groups excluding carboxylic acids is 2. The third-order valence-electron chi connectivity index (χ3n) is 7.03. The molecule has 1 atom stereocenters. The molecule has 1 aromatic heterocycles. The lowest BCUT2D eigenvalue weighted by atomic mass is 10.1. The zero-order chi connectivity index (χ0) is 25.1. The summed E-state index contributed by atoms with van der Waals surface area (Å²) in [4.78, 5) is 40.9. The minimum atomic E-state index is -0.282. The second-order valence-electron chi connectivity index (χ2n) is 9.21. The lowest BCUT2D eigenvalue weighted by Gasteiger charge is -2.36. The van der Waals surface area contributed by atoms with Gasteiger partial charge < -0.3 is 24.2 Å². The number of hydrogen-bond acceptors (Lipinski definition) is 7. The Bertz CT molecular complexity index is 1260. The molecule has 0 bridgehead atoms. The Morgan fingerprint density at radius 1 is 1.00 bits per heavy atom. The van der Waals surface area contributed by atoms with Gasteiger partial charge in [-0.05, 0) is 36.2 Å². The predicted octanol–water partition coefficient (Wildman–Crippen LogP) is 2.39. The van der Waals surface area contributed by atoms with Crippen LogP contribution < -0.4 is 14.4 Å². The molecule has 0 aliphatic carbocycles. The first-order valence-corrected chi connectivity index (χ1v) is 12.3. The van der Waals surface area contributed by atoms with Crippen molar-refractivity contribution >= 4 is 28.7 Å². The lowest BCUT2D eigenvalue weighted by molar-refractivity contribution is -0.136. The highest BCUT2D eigenvalue weighted by Gasteiger charge is 2.37. The van der Waals surface area contributed by atoms with Crippen LogP contribution in [0.5, 0.6) is 11.5 Å². The van der Waals surface area contributed by atoms with E-state index >= 15 is 0 Å². The molecule has 2 amide bonds. The summed E-state index contributed by atoms with van der Waals surface area (Å²) in [6.07, 6.45) is 2.77. The van der Waals surface area contributed by atoms with Crippen LogP contribution in [0.4, 0.5) is 5.82 Å². The maximum Gasteiger partial charge on any atom is 0.228 e. The Morgan fingerprint density at radius 3 is 2.50 bits per heavy atom. The Morgan fingerprint density at radius 2 is 1.75 bits per heavy atom. The molecule has 2 aliphatic heterocycles. The summed E-state index contributed by atoms with van der Waals surface area (Å²) >= 11 is 0. The first-order chi connectivity index (χ1) is 17.6. The number of likely N-dealkylation sites (tertiary alicyclic amines) is 1. The van der Waals surface area contributed by atoms with Gasteiger partial charge in [-0.3, -0.25) is 14.6 Å². The molecule has 5 rings (SSSR count). The number of aromatic nitrogens is 2. The quantitative estimate of drug-likeness (QED) is 0.504. The van der Waals surface area contributed by atoms with Crippen LogP contribution in [0.2, 0.25) is 0 Å².